The van der Waals surface area contributed by atoms with E-state index in [9.17, 15) is 9.50 Å². The van der Waals surface area contributed by atoms with Gasteiger partial charge in [0.1, 0.15) is 18.5 Å². The normalized spacial score (nSPS) is 16.1. The number of aryl methyl sites for hydroxylation is 2. The Morgan fingerprint density at radius 2 is 1.91 bits per heavy atom. The second kappa shape index (κ2) is 9.02. The fraction of sp³-hybridized carbons (Fsp3) is 0.333. The van der Waals surface area contributed by atoms with E-state index in [-0.39, 0.29) is 30.3 Å². The van der Waals surface area contributed by atoms with Gasteiger partial charge in [-0.25, -0.2) is 4.39 Å². The van der Waals surface area contributed by atoms with Crippen molar-refractivity contribution in [1.82, 2.24) is 10.1 Å². The van der Waals surface area contributed by atoms with E-state index in [4.69, 9.17) is 26.0 Å². The molecule has 0 aliphatic heterocycles. The standard InChI is InChI=1S/C24H24ClFN2O4/c1-14-9-16(10-15(2)21(14)31-13-19(30)12-29)22-27-23(32-28-22)20(26)11-24(7-8-24)17-3-5-18(25)6-4-17/h3-6,9-11,19,29-30H,7-8,12-13H2,1-2H3/t19-/m0/s1. The molecule has 168 valence electrons. The summed E-state index contributed by atoms with van der Waals surface area (Å²) in [7, 11) is 0. The Hall–Kier alpha value is -2.74. The summed E-state index contributed by atoms with van der Waals surface area (Å²) in [6.07, 6.45) is 2.28. The summed E-state index contributed by atoms with van der Waals surface area (Å²) in [6, 6.07) is 11.0. The van der Waals surface area contributed by atoms with E-state index in [0.717, 1.165) is 29.5 Å². The van der Waals surface area contributed by atoms with Crippen molar-refractivity contribution in [2.75, 3.05) is 13.2 Å². The fourth-order valence-electron chi connectivity index (χ4n) is 3.71. The number of hydrogen-bond acceptors (Lipinski definition) is 6. The van der Waals surface area contributed by atoms with Crippen molar-refractivity contribution in [3.8, 4) is 17.1 Å². The number of hydrogen-bond donors (Lipinski definition) is 2. The third-order valence-electron chi connectivity index (χ3n) is 5.59. The van der Waals surface area contributed by atoms with Crippen LogP contribution in [0.4, 0.5) is 4.39 Å². The largest absolute Gasteiger partial charge is 0.490 e. The monoisotopic (exact) mass is 458 g/mol. The van der Waals surface area contributed by atoms with Crippen molar-refractivity contribution >= 4 is 17.4 Å². The van der Waals surface area contributed by atoms with Crippen molar-refractivity contribution in [2.45, 2.75) is 38.2 Å². The highest BCUT2D eigenvalue weighted by atomic mass is 35.5. The summed E-state index contributed by atoms with van der Waals surface area (Å²) in [5.41, 5.74) is 2.90. The first-order chi connectivity index (χ1) is 15.3. The number of aliphatic hydroxyl groups is 2. The van der Waals surface area contributed by atoms with E-state index < -0.39 is 11.9 Å². The van der Waals surface area contributed by atoms with Gasteiger partial charge >= 0.3 is 0 Å². The SMILES string of the molecule is Cc1cc(-c2noc(C(F)=CC3(c4ccc(Cl)cc4)CC3)n2)cc(C)c1OC[C@@H](O)CO. The Kier molecular flexibility index (Phi) is 6.33. The molecule has 4 rings (SSSR count). The molecule has 0 spiro atoms. The minimum atomic E-state index is -0.953. The van der Waals surface area contributed by atoms with Crippen LogP contribution in [0.3, 0.4) is 0 Å². The molecule has 1 aliphatic carbocycles. The lowest BCUT2D eigenvalue weighted by molar-refractivity contribution is 0.0532. The van der Waals surface area contributed by atoms with Crippen molar-refractivity contribution in [1.29, 1.82) is 0 Å². The predicted octanol–water partition coefficient (Wildman–Crippen LogP) is 4.78. The Morgan fingerprint density at radius 3 is 2.50 bits per heavy atom. The lowest BCUT2D eigenvalue weighted by Gasteiger charge is -2.15. The van der Waals surface area contributed by atoms with Crippen LogP contribution in [-0.4, -0.2) is 39.7 Å². The minimum Gasteiger partial charge on any atom is -0.490 e. The number of nitrogens with zero attached hydrogens (tertiary/aromatic N) is 2. The number of aliphatic hydroxyl groups excluding tert-OH is 2. The topological polar surface area (TPSA) is 88.6 Å². The van der Waals surface area contributed by atoms with Gasteiger partial charge < -0.3 is 19.5 Å². The second-order valence-corrected chi connectivity index (χ2v) is 8.60. The Labute approximate surface area is 190 Å². The van der Waals surface area contributed by atoms with Gasteiger partial charge in [0.05, 0.1) is 6.61 Å². The van der Waals surface area contributed by atoms with Gasteiger partial charge in [-0.3, -0.25) is 0 Å². The molecular formula is C24H24ClFN2O4. The summed E-state index contributed by atoms with van der Waals surface area (Å²) >= 11 is 5.96. The molecule has 32 heavy (non-hydrogen) atoms. The number of ether oxygens (including phenoxy) is 1. The zero-order chi connectivity index (χ0) is 22.9. The van der Waals surface area contributed by atoms with Crippen LogP contribution in [0.5, 0.6) is 5.75 Å². The summed E-state index contributed by atoms with van der Waals surface area (Å²) in [4.78, 5) is 4.24. The van der Waals surface area contributed by atoms with Crippen molar-refractivity contribution in [3.63, 3.8) is 0 Å². The van der Waals surface area contributed by atoms with E-state index >= 15 is 0 Å². The van der Waals surface area contributed by atoms with Crippen LogP contribution in [0.2, 0.25) is 5.02 Å². The summed E-state index contributed by atoms with van der Waals surface area (Å²) in [5.74, 6) is 0.159. The highest BCUT2D eigenvalue weighted by molar-refractivity contribution is 6.30. The molecular weight excluding hydrogens is 435 g/mol. The van der Waals surface area contributed by atoms with Crippen LogP contribution in [0.25, 0.3) is 17.2 Å². The molecule has 2 N–H and O–H groups in total. The van der Waals surface area contributed by atoms with Gasteiger partial charge in [0, 0.05) is 16.0 Å². The lowest BCUT2D eigenvalue weighted by atomic mass is 9.95. The number of allylic oxidation sites excluding steroid dienone is 1. The first-order valence-electron chi connectivity index (χ1n) is 10.3. The maximum absolute atomic E-state index is 15.0. The summed E-state index contributed by atoms with van der Waals surface area (Å²) in [5, 5.41) is 23.0. The van der Waals surface area contributed by atoms with Gasteiger partial charge in [0.15, 0.2) is 5.83 Å². The van der Waals surface area contributed by atoms with E-state index in [2.05, 4.69) is 10.1 Å². The third-order valence-corrected chi connectivity index (χ3v) is 5.84. The zero-order valence-electron chi connectivity index (χ0n) is 17.8. The minimum absolute atomic E-state index is 0.0186. The summed E-state index contributed by atoms with van der Waals surface area (Å²) in [6.45, 7) is 3.30. The van der Waals surface area contributed by atoms with Crippen LogP contribution in [0.1, 0.15) is 35.4 Å². The van der Waals surface area contributed by atoms with Crippen LogP contribution in [0.15, 0.2) is 47.0 Å². The molecule has 0 unspecified atom stereocenters. The maximum Gasteiger partial charge on any atom is 0.286 e. The number of benzene rings is 2. The molecule has 1 aromatic heterocycles. The second-order valence-electron chi connectivity index (χ2n) is 8.17. The Balaban J connectivity index is 1.55. The van der Waals surface area contributed by atoms with Gasteiger partial charge in [-0.2, -0.15) is 4.98 Å². The highest BCUT2D eigenvalue weighted by Gasteiger charge is 2.43. The molecule has 0 bridgehead atoms. The molecule has 3 aromatic rings. The molecule has 0 amide bonds. The number of rotatable bonds is 8. The van der Waals surface area contributed by atoms with E-state index in [1.165, 1.54) is 0 Å². The smallest absolute Gasteiger partial charge is 0.286 e. The van der Waals surface area contributed by atoms with Crippen molar-refractivity contribution < 1.29 is 23.9 Å². The van der Waals surface area contributed by atoms with Gasteiger partial charge in [-0.1, -0.05) is 28.9 Å². The Bertz CT molecular complexity index is 1120. The van der Waals surface area contributed by atoms with Crippen molar-refractivity contribution in [3.05, 3.63) is 70.1 Å². The predicted molar refractivity (Wildman–Crippen MR) is 119 cm³/mol. The Morgan fingerprint density at radius 1 is 1.25 bits per heavy atom. The maximum atomic E-state index is 15.0. The molecule has 0 radical (unpaired) electrons. The average Bonchev–Trinajstić information content (AvgIpc) is 3.37. The van der Waals surface area contributed by atoms with Crippen LogP contribution in [-0.2, 0) is 5.41 Å². The molecule has 1 saturated carbocycles. The average molecular weight is 459 g/mol. The van der Waals surface area contributed by atoms with Gasteiger partial charge in [-0.15, -0.1) is 0 Å². The van der Waals surface area contributed by atoms with E-state index in [0.29, 0.717) is 16.3 Å². The van der Waals surface area contributed by atoms with Crippen LogP contribution < -0.4 is 4.74 Å². The van der Waals surface area contributed by atoms with Gasteiger partial charge in [0.25, 0.3) is 5.89 Å². The quantitative estimate of drug-likeness (QED) is 0.505. The molecule has 1 fully saturated rings. The van der Waals surface area contributed by atoms with Crippen molar-refractivity contribution in [2.24, 2.45) is 0 Å². The fourth-order valence-corrected chi connectivity index (χ4v) is 3.84. The van der Waals surface area contributed by atoms with Crippen LogP contribution in [0, 0.1) is 13.8 Å². The first kappa shape index (κ1) is 22.5. The molecule has 1 heterocycles. The van der Waals surface area contributed by atoms with Crippen LogP contribution >= 0.6 is 11.6 Å². The first-order valence-corrected chi connectivity index (χ1v) is 10.7. The molecule has 1 atom stereocenters. The third kappa shape index (κ3) is 4.70. The zero-order valence-corrected chi connectivity index (χ0v) is 18.6. The summed E-state index contributed by atoms with van der Waals surface area (Å²) < 4.78 is 25.8. The van der Waals surface area contributed by atoms with E-state index in [1.54, 1.807) is 30.3 Å². The van der Waals surface area contributed by atoms with E-state index in [1.807, 2.05) is 26.0 Å². The van der Waals surface area contributed by atoms with Gasteiger partial charge in [-0.05, 0) is 73.7 Å². The molecule has 0 saturated heterocycles. The molecule has 8 heteroatoms. The molecule has 6 nitrogen and oxygen atoms in total. The molecule has 1 aliphatic rings. The highest BCUT2D eigenvalue weighted by Crippen LogP contribution is 2.51. The number of aromatic nitrogens is 2. The lowest BCUT2D eigenvalue weighted by Crippen LogP contribution is -2.21. The molecule has 2 aromatic carbocycles. The number of halogens is 2. The van der Waals surface area contributed by atoms with Gasteiger partial charge in [0.2, 0.25) is 5.82 Å².